The fraction of sp³-hybridized carbons (Fsp3) is 0.333. The minimum atomic E-state index is -0.316. The van der Waals surface area contributed by atoms with E-state index in [1.54, 1.807) is 25.3 Å². The molecule has 0 aliphatic rings. The number of hydrogen-bond donors (Lipinski definition) is 2. The molecule has 0 saturated heterocycles. The van der Waals surface area contributed by atoms with Crippen LogP contribution in [-0.4, -0.2) is 38.0 Å². The molecule has 0 fully saturated rings. The summed E-state index contributed by atoms with van der Waals surface area (Å²) in [4.78, 5) is 12.5. The third-order valence-electron chi connectivity index (χ3n) is 3.78. The van der Waals surface area contributed by atoms with Crippen LogP contribution in [0.4, 0.5) is 5.69 Å². The number of nitrogens with one attached hydrogen (secondary N) is 2. The number of ether oxygens (including phenoxy) is 3. The van der Waals surface area contributed by atoms with Gasteiger partial charge in [-0.3, -0.25) is 10.1 Å². The lowest BCUT2D eigenvalue weighted by atomic mass is 10.2. The Morgan fingerprint density at radius 2 is 1.75 bits per heavy atom. The van der Waals surface area contributed by atoms with Gasteiger partial charge in [-0.15, -0.1) is 0 Å². The van der Waals surface area contributed by atoms with Crippen LogP contribution < -0.4 is 20.1 Å². The van der Waals surface area contributed by atoms with Crippen molar-refractivity contribution in [2.24, 2.45) is 0 Å². The molecule has 0 heterocycles. The summed E-state index contributed by atoms with van der Waals surface area (Å²) in [6.45, 7) is 3.67. The predicted molar refractivity (Wildman–Crippen MR) is 114 cm³/mol. The number of carbonyl (C=O) groups excluding carboxylic acids is 1. The van der Waals surface area contributed by atoms with E-state index in [1.165, 1.54) is 0 Å². The van der Waals surface area contributed by atoms with Gasteiger partial charge in [0.15, 0.2) is 5.11 Å². The van der Waals surface area contributed by atoms with Crippen LogP contribution in [-0.2, 0) is 4.74 Å². The highest BCUT2D eigenvalue weighted by Crippen LogP contribution is 2.19. The van der Waals surface area contributed by atoms with Crippen LogP contribution in [0.25, 0.3) is 0 Å². The van der Waals surface area contributed by atoms with E-state index in [4.69, 9.17) is 26.4 Å². The van der Waals surface area contributed by atoms with E-state index in [2.05, 4.69) is 17.6 Å². The zero-order valence-electron chi connectivity index (χ0n) is 16.2. The number of para-hydroxylation sites is 1. The molecule has 28 heavy (non-hydrogen) atoms. The Labute approximate surface area is 171 Å². The van der Waals surface area contributed by atoms with Crippen LogP contribution in [0.1, 0.15) is 30.1 Å². The van der Waals surface area contributed by atoms with Crippen LogP contribution in [0.3, 0.4) is 0 Å². The molecule has 0 aliphatic carbocycles. The SMILES string of the molecule is CCCCOc1ccccc1C(=O)NC(=S)Nc1ccc(OCCOC)cc1. The van der Waals surface area contributed by atoms with Crippen molar-refractivity contribution in [3.8, 4) is 11.5 Å². The number of rotatable bonds is 10. The van der Waals surface area contributed by atoms with Crippen molar-refractivity contribution in [2.45, 2.75) is 19.8 Å². The summed E-state index contributed by atoms with van der Waals surface area (Å²) in [6, 6.07) is 14.4. The maximum Gasteiger partial charge on any atom is 0.261 e. The number of unbranched alkanes of at least 4 members (excludes halogenated alkanes) is 1. The number of carbonyl (C=O) groups is 1. The minimum Gasteiger partial charge on any atom is -0.493 e. The molecule has 2 aromatic carbocycles. The lowest BCUT2D eigenvalue weighted by Gasteiger charge is -2.13. The lowest BCUT2D eigenvalue weighted by Crippen LogP contribution is -2.34. The molecule has 0 saturated carbocycles. The van der Waals surface area contributed by atoms with Crippen molar-refractivity contribution in [3.05, 3.63) is 54.1 Å². The van der Waals surface area contributed by atoms with Gasteiger partial charge in [-0.05, 0) is 55.0 Å². The monoisotopic (exact) mass is 402 g/mol. The number of methoxy groups -OCH3 is 1. The van der Waals surface area contributed by atoms with Gasteiger partial charge < -0.3 is 19.5 Å². The van der Waals surface area contributed by atoms with Gasteiger partial charge in [0.25, 0.3) is 5.91 Å². The molecule has 0 aliphatic heterocycles. The highest BCUT2D eigenvalue weighted by atomic mass is 32.1. The molecule has 0 unspecified atom stereocenters. The molecule has 0 bridgehead atoms. The first-order valence-electron chi connectivity index (χ1n) is 9.20. The van der Waals surface area contributed by atoms with E-state index in [9.17, 15) is 4.79 Å². The quantitative estimate of drug-likeness (QED) is 0.462. The zero-order valence-corrected chi connectivity index (χ0v) is 17.0. The van der Waals surface area contributed by atoms with Gasteiger partial charge in [0, 0.05) is 12.8 Å². The summed E-state index contributed by atoms with van der Waals surface area (Å²) in [5.41, 5.74) is 1.20. The predicted octanol–water partition coefficient (Wildman–Crippen LogP) is 4.02. The van der Waals surface area contributed by atoms with E-state index in [0.29, 0.717) is 31.1 Å². The van der Waals surface area contributed by atoms with Crippen LogP contribution in [0.2, 0.25) is 0 Å². The molecule has 2 N–H and O–H groups in total. The maximum absolute atomic E-state index is 12.5. The number of benzene rings is 2. The molecule has 150 valence electrons. The lowest BCUT2D eigenvalue weighted by molar-refractivity contribution is 0.0973. The summed E-state index contributed by atoms with van der Waals surface area (Å²) < 4.78 is 16.2. The average Bonchev–Trinajstić information content (AvgIpc) is 2.70. The molecule has 0 spiro atoms. The topological polar surface area (TPSA) is 68.8 Å². The van der Waals surface area contributed by atoms with Gasteiger partial charge in [0.1, 0.15) is 18.1 Å². The van der Waals surface area contributed by atoms with Gasteiger partial charge in [-0.1, -0.05) is 25.5 Å². The molecular weight excluding hydrogens is 376 g/mol. The first-order chi connectivity index (χ1) is 13.6. The molecule has 1 amide bonds. The smallest absolute Gasteiger partial charge is 0.261 e. The van der Waals surface area contributed by atoms with Crippen molar-refractivity contribution in [1.82, 2.24) is 5.32 Å². The van der Waals surface area contributed by atoms with Crippen LogP contribution in [0, 0.1) is 0 Å². The summed E-state index contributed by atoms with van der Waals surface area (Å²) in [6.07, 6.45) is 1.96. The Bertz CT molecular complexity index is 765. The fourth-order valence-electron chi connectivity index (χ4n) is 2.32. The van der Waals surface area contributed by atoms with E-state index < -0.39 is 0 Å². The highest BCUT2D eigenvalue weighted by Gasteiger charge is 2.13. The van der Waals surface area contributed by atoms with Crippen LogP contribution in [0.5, 0.6) is 11.5 Å². The average molecular weight is 403 g/mol. The van der Waals surface area contributed by atoms with Crippen LogP contribution in [0.15, 0.2) is 48.5 Å². The normalized spacial score (nSPS) is 10.2. The first kappa shape index (κ1) is 21.7. The van der Waals surface area contributed by atoms with E-state index in [1.807, 2.05) is 30.3 Å². The third kappa shape index (κ3) is 7.17. The van der Waals surface area contributed by atoms with E-state index in [-0.39, 0.29) is 11.0 Å². The summed E-state index contributed by atoms with van der Waals surface area (Å²) in [5.74, 6) is 0.966. The fourth-order valence-corrected chi connectivity index (χ4v) is 2.53. The van der Waals surface area contributed by atoms with E-state index in [0.717, 1.165) is 24.3 Å². The van der Waals surface area contributed by atoms with Crippen molar-refractivity contribution in [1.29, 1.82) is 0 Å². The third-order valence-corrected chi connectivity index (χ3v) is 3.99. The molecule has 6 nitrogen and oxygen atoms in total. The standard InChI is InChI=1S/C21H26N2O4S/c1-3-4-13-27-19-8-6-5-7-18(19)20(24)23-21(28)22-16-9-11-17(12-10-16)26-15-14-25-2/h5-12H,3-4,13-15H2,1-2H3,(H2,22,23,24,28). The Hall–Kier alpha value is -2.64. The van der Waals surface area contributed by atoms with Crippen molar-refractivity contribution < 1.29 is 19.0 Å². The first-order valence-corrected chi connectivity index (χ1v) is 9.60. The number of anilines is 1. The Kier molecular flexibility index (Phi) is 9.24. The summed E-state index contributed by atoms with van der Waals surface area (Å²) in [7, 11) is 1.63. The van der Waals surface area contributed by atoms with Gasteiger partial charge >= 0.3 is 0 Å². The summed E-state index contributed by atoms with van der Waals surface area (Å²) in [5, 5.41) is 5.88. The van der Waals surface area contributed by atoms with Crippen molar-refractivity contribution in [3.63, 3.8) is 0 Å². The second kappa shape index (κ2) is 11.9. The highest BCUT2D eigenvalue weighted by molar-refractivity contribution is 7.80. The molecule has 0 atom stereocenters. The summed E-state index contributed by atoms with van der Waals surface area (Å²) >= 11 is 5.25. The van der Waals surface area contributed by atoms with Gasteiger partial charge in [-0.25, -0.2) is 0 Å². The molecular formula is C21H26N2O4S. The van der Waals surface area contributed by atoms with Crippen molar-refractivity contribution >= 4 is 28.9 Å². The van der Waals surface area contributed by atoms with Gasteiger partial charge in [0.2, 0.25) is 0 Å². The van der Waals surface area contributed by atoms with Gasteiger partial charge in [0.05, 0.1) is 18.8 Å². The Morgan fingerprint density at radius 1 is 1.00 bits per heavy atom. The number of amides is 1. The number of hydrogen-bond acceptors (Lipinski definition) is 5. The second-order valence-corrected chi connectivity index (χ2v) is 6.38. The second-order valence-electron chi connectivity index (χ2n) is 5.97. The van der Waals surface area contributed by atoms with Crippen LogP contribution >= 0.6 is 12.2 Å². The molecule has 2 rings (SSSR count). The van der Waals surface area contributed by atoms with Gasteiger partial charge in [-0.2, -0.15) is 0 Å². The molecule has 2 aromatic rings. The molecule has 0 aromatic heterocycles. The van der Waals surface area contributed by atoms with E-state index >= 15 is 0 Å². The minimum absolute atomic E-state index is 0.210. The maximum atomic E-state index is 12.5. The molecule has 7 heteroatoms. The Balaban J connectivity index is 1.90. The Morgan fingerprint density at radius 3 is 2.46 bits per heavy atom. The largest absolute Gasteiger partial charge is 0.493 e. The molecule has 0 radical (unpaired) electrons. The van der Waals surface area contributed by atoms with Crippen molar-refractivity contribution in [2.75, 3.05) is 32.2 Å². The number of thiocarbonyl (C=S) groups is 1. The zero-order chi connectivity index (χ0) is 20.2.